The standard InChI is InChI=1S/C14H7ClF3N3O.C2HF3O2/c15-11-4-3-9(14(16,17)18)6-10(11)13-21-20-12(22-13)8-2-1-5-19-7-8;3-2(4,5)1(6)7/h1-7H;(H,6,7). The molecule has 29 heavy (non-hydrogen) atoms. The summed E-state index contributed by atoms with van der Waals surface area (Å²) in [6, 6.07) is 6.29. The number of hydrogen-bond acceptors (Lipinski definition) is 5. The fourth-order valence-electron chi connectivity index (χ4n) is 1.80. The van der Waals surface area contributed by atoms with Crippen molar-refractivity contribution in [1.82, 2.24) is 15.2 Å². The van der Waals surface area contributed by atoms with Gasteiger partial charge >= 0.3 is 18.3 Å². The Hall–Kier alpha value is -3.15. The molecule has 0 aliphatic rings. The minimum Gasteiger partial charge on any atom is -0.475 e. The van der Waals surface area contributed by atoms with E-state index in [-0.39, 0.29) is 22.4 Å². The maximum Gasteiger partial charge on any atom is 0.490 e. The number of benzene rings is 1. The van der Waals surface area contributed by atoms with Crippen molar-refractivity contribution >= 4 is 17.6 Å². The number of carboxylic acid groups (broad SMARTS) is 1. The number of aliphatic carboxylic acids is 1. The third-order valence-corrected chi connectivity index (χ3v) is 3.43. The van der Waals surface area contributed by atoms with Crippen LogP contribution in [0, 0.1) is 0 Å². The van der Waals surface area contributed by atoms with Gasteiger partial charge in [0, 0.05) is 12.4 Å². The van der Waals surface area contributed by atoms with Gasteiger partial charge in [0.1, 0.15) is 0 Å². The number of nitrogens with zero attached hydrogens (tertiary/aromatic N) is 3. The van der Waals surface area contributed by atoms with Gasteiger partial charge in [-0.25, -0.2) is 4.79 Å². The average molecular weight is 440 g/mol. The molecular weight excluding hydrogens is 432 g/mol. The molecule has 3 aromatic rings. The topological polar surface area (TPSA) is 89.1 Å². The first-order valence-corrected chi connectivity index (χ1v) is 7.68. The zero-order valence-corrected chi connectivity index (χ0v) is 14.5. The molecule has 2 aromatic heterocycles. The fraction of sp³-hybridized carbons (Fsp3) is 0.125. The maximum absolute atomic E-state index is 12.8. The van der Waals surface area contributed by atoms with E-state index >= 15 is 0 Å². The molecule has 1 aromatic carbocycles. The van der Waals surface area contributed by atoms with Crippen LogP contribution in [0.15, 0.2) is 47.1 Å². The number of hydrogen-bond donors (Lipinski definition) is 1. The van der Waals surface area contributed by atoms with Gasteiger partial charge in [-0.1, -0.05) is 11.6 Å². The van der Waals surface area contributed by atoms with Crippen LogP contribution in [0.4, 0.5) is 26.3 Å². The van der Waals surface area contributed by atoms with Crippen molar-refractivity contribution in [3.63, 3.8) is 0 Å². The van der Waals surface area contributed by atoms with Gasteiger partial charge in [-0.2, -0.15) is 26.3 Å². The lowest BCUT2D eigenvalue weighted by atomic mass is 10.1. The third-order valence-electron chi connectivity index (χ3n) is 3.10. The minimum atomic E-state index is -5.08. The Labute approximate surface area is 162 Å². The molecule has 2 heterocycles. The third kappa shape index (κ3) is 5.91. The fourth-order valence-corrected chi connectivity index (χ4v) is 2.00. The summed E-state index contributed by atoms with van der Waals surface area (Å²) in [5.41, 5.74) is -0.253. The van der Waals surface area contributed by atoms with E-state index in [1.165, 1.54) is 6.20 Å². The summed E-state index contributed by atoms with van der Waals surface area (Å²) < 4.78 is 75.4. The number of rotatable bonds is 2. The lowest BCUT2D eigenvalue weighted by Crippen LogP contribution is -2.21. The van der Waals surface area contributed by atoms with Gasteiger partial charge in [0.05, 0.1) is 21.7 Å². The number of aromatic nitrogens is 3. The van der Waals surface area contributed by atoms with Crippen molar-refractivity contribution in [2.24, 2.45) is 0 Å². The molecule has 0 amide bonds. The predicted octanol–water partition coefficient (Wildman–Crippen LogP) is 5.10. The smallest absolute Gasteiger partial charge is 0.475 e. The van der Waals surface area contributed by atoms with E-state index in [4.69, 9.17) is 25.9 Å². The molecule has 3 rings (SSSR count). The minimum absolute atomic E-state index is 0.0270. The van der Waals surface area contributed by atoms with E-state index in [0.717, 1.165) is 18.2 Å². The zero-order chi connectivity index (χ0) is 21.8. The molecule has 0 unspecified atom stereocenters. The summed E-state index contributed by atoms with van der Waals surface area (Å²) in [5, 5.41) is 14.8. The predicted molar refractivity (Wildman–Crippen MR) is 86.7 cm³/mol. The van der Waals surface area contributed by atoms with E-state index in [1.54, 1.807) is 18.3 Å². The second kappa shape index (κ2) is 8.47. The Bertz CT molecular complexity index is 990. The Balaban J connectivity index is 0.000000370. The van der Waals surface area contributed by atoms with Crippen LogP contribution in [-0.2, 0) is 11.0 Å². The van der Waals surface area contributed by atoms with Crippen LogP contribution in [0.1, 0.15) is 5.56 Å². The zero-order valence-electron chi connectivity index (χ0n) is 13.8. The molecule has 0 aliphatic heterocycles. The highest BCUT2D eigenvalue weighted by Crippen LogP contribution is 2.36. The second-order valence-electron chi connectivity index (χ2n) is 5.15. The number of carboxylic acids is 1. The highest BCUT2D eigenvalue weighted by Gasteiger charge is 2.38. The first kappa shape index (κ1) is 22.1. The van der Waals surface area contributed by atoms with Gasteiger partial charge in [-0.3, -0.25) is 4.98 Å². The number of pyridine rings is 1. The van der Waals surface area contributed by atoms with Gasteiger partial charge in [0.15, 0.2) is 0 Å². The highest BCUT2D eigenvalue weighted by molar-refractivity contribution is 6.33. The molecular formula is C16H8ClF6N3O3. The quantitative estimate of drug-likeness (QED) is 0.559. The number of halogens is 7. The van der Waals surface area contributed by atoms with Gasteiger partial charge in [-0.05, 0) is 30.3 Å². The van der Waals surface area contributed by atoms with E-state index in [9.17, 15) is 26.3 Å². The monoisotopic (exact) mass is 439 g/mol. The molecule has 0 spiro atoms. The molecule has 0 fully saturated rings. The average Bonchev–Trinajstić information content (AvgIpc) is 3.11. The highest BCUT2D eigenvalue weighted by atomic mass is 35.5. The molecule has 0 bridgehead atoms. The second-order valence-corrected chi connectivity index (χ2v) is 5.56. The lowest BCUT2D eigenvalue weighted by Gasteiger charge is -2.08. The van der Waals surface area contributed by atoms with E-state index in [2.05, 4.69) is 15.2 Å². The van der Waals surface area contributed by atoms with Crippen LogP contribution in [0.5, 0.6) is 0 Å². The van der Waals surface area contributed by atoms with Crippen LogP contribution < -0.4 is 0 Å². The van der Waals surface area contributed by atoms with E-state index < -0.39 is 23.9 Å². The summed E-state index contributed by atoms with van der Waals surface area (Å²) in [7, 11) is 0. The first-order valence-electron chi connectivity index (χ1n) is 7.30. The van der Waals surface area contributed by atoms with Crippen LogP contribution in [0.25, 0.3) is 22.9 Å². The maximum atomic E-state index is 12.8. The molecule has 6 nitrogen and oxygen atoms in total. The van der Waals surface area contributed by atoms with Crippen molar-refractivity contribution < 1.29 is 40.7 Å². The van der Waals surface area contributed by atoms with Crippen LogP contribution in [-0.4, -0.2) is 32.4 Å². The molecule has 1 N–H and O–H groups in total. The molecule has 154 valence electrons. The normalized spacial score (nSPS) is 11.6. The van der Waals surface area contributed by atoms with Crippen molar-refractivity contribution in [3.8, 4) is 22.9 Å². The SMILES string of the molecule is FC(F)(F)c1ccc(Cl)c(-c2nnc(-c3cccnc3)o2)c1.O=C(O)C(F)(F)F. The van der Waals surface area contributed by atoms with Crippen LogP contribution in [0.3, 0.4) is 0 Å². The Morgan fingerprint density at radius 2 is 1.66 bits per heavy atom. The Morgan fingerprint density at radius 1 is 1.03 bits per heavy atom. The summed E-state index contributed by atoms with van der Waals surface area (Å²) in [4.78, 5) is 12.8. The molecule has 0 saturated carbocycles. The molecule has 0 radical (unpaired) electrons. The summed E-state index contributed by atoms with van der Waals surface area (Å²) in [6.45, 7) is 0. The molecule has 0 saturated heterocycles. The van der Waals surface area contributed by atoms with Gasteiger partial charge in [-0.15, -0.1) is 10.2 Å². The summed E-state index contributed by atoms with van der Waals surface area (Å²) in [5.74, 6) is -2.70. The molecule has 13 heteroatoms. The van der Waals surface area contributed by atoms with Gasteiger partial charge < -0.3 is 9.52 Å². The lowest BCUT2D eigenvalue weighted by molar-refractivity contribution is -0.192. The summed E-state index contributed by atoms with van der Waals surface area (Å²) >= 11 is 5.93. The van der Waals surface area contributed by atoms with Crippen molar-refractivity contribution in [2.75, 3.05) is 0 Å². The Morgan fingerprint density at radius 3 is 2.17 bits per heavy atom. The van der Waals surface area contributed by atoms with Gasteiger partial charge in [0.2, 0.25) is 11.8 Å². The first-order chi connectivity index (χ1) is 13.4. The van der Waals surface area contributed by atoms with E-state index in [1.807, 2.05) is 0 Å². The Kier molecular flexibility index (Phi) is 6.47. The van der Waals surface area contributed by atoms with Crippen LogP contribution in [0.2, 0.25) is 5.02 Å². The van der Waals surface area contributed by atoms with E-state index in [0.29, 0.717) is 5.56 Å². The molecule has 0 aliphatic carbocycles. The molecule has 0 atom stereocenters. The van der Waals surface area contributed by atoms with Crippen LogP contribution >= 0.6 is 11.6 Å². The number of carbonyl (C=O) groups is 1. The van der Waals surface area contributed by atoms with Crippen molar-refractivity contribution in [2.45, 2.75) is 12.4 Å². The summed E-state index contributed by atoms with van der Waals surface area (Å²) in [6.07, 6.45) is -6.49. The number of alkyl halides is 6. The van der Waals surface area contributed by atoms with Crippen molar-refractivity contribution in [1.29, 1.82) is 0 Å². The largest absolute Gasteiger partial charge is 0.490 e. The van der Waals surface area contributed by atoms with Crippen molar-refractivity contribution in [3.05, 3.63) is 53.3 Å². The van der Waals surface area contributed by atoms with Gasteiger partial charge in [0.25, 0.3) is 0 Å².